The largest absolute Gasteiger partial charge is 0.481 e. The third kappa shape index (κ3) is 1.71. The van der Waals surface area contributed by atoms with Crippen molar-refractivity contribution >= 4 is 11.5 Å². The van der Waals surface area contributed by atoms with Crippen LogP contribution in [-0.2, 0) is 11.2 Å². The summed E-state index contributed by atoms with van der Waals surface area (Å²) < 4.78 is 26.0. The van der Waals surface area contributed by atoms with Crippen molar-refractivity contribution in [1.82, 2.24) is 0 Å². The van der Waals surface area contributed by atoms with Crippen LogP contribution < -0.4 is 0 Å². The van der Waals surface area contributed by atoms with E-state index in [2.05, 4.69) is 0 Å². The standard InChI is InChI=1S/C12H10F2O2/c1-6-2-7-3-10(13)11(14)4-9(7)8(6)5-12(15)16/h3-4H,2,5H2,1H3,(H,15,16). The highest BCUT2D eigenvalue weighted by atomic mass is 19.2. The number of benzene rings is 1. The van der Waals surface area contributed by atoms with Crippen LogP contribution in [0.1, 0.15) is 24.5 Å². The van der Waals surface area contributed by atoms with Crippen molar-refractivity contribution in [3.8, 4) is 0 Å². The van der Waals surface area contributed by atoms with Gasteiger partial charge in [-0.15, -0.1) is 0 Å². The molecular formula is C12H10F2O2. The van der Waals surface area contributed by atoms with Crippen molar-refractivity contribution in [2.24, 2.45) is 0 Å². The second-order valence-corrected chi connectivity index (χ2v) is 3.93. The molecule has 0 saturated heterocycles. The number of fused-ring (bicyclic) bond motifs is 1. The number of hydrogen-bond donors (Lipinski definition) is 1. The molecule has 0 aliphatic heterocycles. The minimum atomic E-state index is -0.966. The van der Waals surface area contributed by atoms with E-state index in [1.165, 1.54) is 0 Å². The van der Waals surface area contributed by atoms with Crippen molar-refractivity contribution in [3.63, 3.8) is 0 Å². The van der Waals surface area contributed by atoms with Gasteiger partial charge in [0.15, 0.2) is 11.6 Å². The Labute approximate surface area is 91.2 Å². The zero-order valence-corrected chi connectivity index (χ0v) is 8.68. The van der Waals surface area contributed by atoms with Gasteiger partial charge in [-0.2, -0.15) is 0 Å². The fourth-order valence-electron chi connectivity index (χ4n) is 2.03. The lowest BCUT2D eigenvalue weighted by atomic mass is 10.0. The average molecular weight is 224 g/mol. The Morgan fingerprint density at radius 3 is 2.62 bits per heavy atom. The SMILES string of the molecule is CC1=C(CC(=O)O)c2cc(F)c(F)cc2C1. The van der Waals surface area contributed by atoms with Gasteiger partial charge in [0, 0.05) is 0 Å². The molecule has 0 radical (unpaired) electrons. The van der Waals surface area contributed by atoms with Crippen LogP contribution in [0.4, 0.5) is 8.78 Å². The highest BCUT2D eigenvalue weighted by Gasteiger charge is 2.22. The van der Waals surface area contributed by atoms with E-state index >= 15 is 0 Å². The van der Waals surface area contributed by atoms with Gasteiger partial charge >= 0.3 is 5.97 Å². The predicted molar refractivity (Wildman–Crippen MR) is 54.9 cm³/mol. The molecule has 4 heteroatoms. The molecule has 2 nitrogen and oxygen atoms in total. The first-order chi connectivity index (χ1) is 7.49. The molecular weight excluding hydrogens is 214 g/mol. The van der Waals surface area contributed by atoms with E-state index in [0.29, 0.717) is 23.1 Å². The number of carboxylic acids is 1. The van der Waals surface area contributed by atoms with Gasteiger partial charge in [-0.25, -0.2) is 8.78 Å². The Hall–Kier alpha value is -1.71. The van der Waals surface area contributed by atoms with Crippen LogP contribution in [0.5, 0.6) is 0 Å². The van der Waals surface area contributed by atoms with E-state index in [1.54, 1.807) is 6.92 Å². The third-order valence-electron chi connectivity index (χ3n) is 2.77. The summed E-state index contributed by atoms with van der Waals surface area (Å²) in [5, 5.41) is 8.74. The fourth-order valence-corrected chi connectivity index (χ4v) is 2.03. The molecule has 0 saturated carbocycles. The van der Waals surface area contributed by atoms with Gasteiger partial charge in [0.05, 0.1) is 6.42 Å². The summed E-state index contributed by atoms with van der Waals surface area (Å²) in [6.45, 7) is 1.79. The Balaban J connectivity index is 2.48. The molecule has 0 fully saturated rings. The molecule has 84 valence electrons. The van der Waals surface area contributed by atoms with Crippen molar-refractivity contribution in [3.05, 3.63) is 40.5 Å². The first-order valence-electron chi connectivity index (χ1n) is 4.87. The summed E-state index contributed by atoms with van der Waals surface area (Å²) >= 11 is 0. The zero-order chi connectivity index (χ0) is 11.9. The molecule has 1 aromatic rings. The van der Waals surface area contributed by atoms with E-state index < -0.39 is 17.6 Å². The Kier molecular flexibility index (Phi) is 2.50. The number of allylic oxidation sites excluding steroid dienone is 1. The quantitative estimate of drug-likeness (QED) is 0.838. The lowest BCUT2D eigenvalue weighted by Gasteiger charge is -2.04. The van der Waals surface area contributed by atoms with Crippen LogP contribution in [0.2, 0.25) is 0 Å². The van der Waals surface area contributed by atoms with Crippen LogP contribution >= 0.6 is 0 Å². The molecule has 0 amide bonds. The van der Waals surface area contributed by atoms with Crippen LogP contribution in [0, 0.1) is 11.6 Å². The molecule has 1 aliphatic rings. The summed E-state index contributed by atoms with van der Waals surface area (Å²) in [6, 6.07) is 2.22. The maximum atomic E-state index is 13.1. The highest BCUT2D eigenvalue weighted by molar-refractivity contribution is 5.88. The van der Waals surface area contributed by atoms with Crippen molar-refractivity contribution < 1.29 is 18.7 Å². The molecule has 16 heavy (non-hydrogen) atoms. The van der Waals surface area contributed by atoms with Gasteiger partial charge < -0.3 is 5.11 Å². The summed E-state index contributed by atoms with van der Waals surface area (Å²) in [7, 11) is 0. The molecule has 1 aliphatic carbocycles. The monoisotopic (exact) mass is 224 g/mol. The number of carboxylic acid groups (broad SMARTS) is 1. The van der Waals surface area contributed by atoms with Crippen molar-refractivity contribution in [2.75, 3.05) is 0 Å². The maximum Gasteiger partial charge on any atom is 0.307 e. The van der Waals surface area contributed by atoms with E-state index in [4.69, 9.17) is 5.11 Å². The normalized spacial score (nSPS) is 14.2. The first-order valence-corrected chi connectivity index (χ1v) is 4.87. The Morgan fingerprint density at radius 2 is 2.00 bits per heavy atom. The summed E-state index contributed by atoms with van der Waals surface area (Å²) in [5.41, 5.74) is 2.65. The van der Waals surface area contributed by atoms with E-state index in [9.17, 15) is 13.6 Å². The van der Waals surface area contributed by atoms with Gasteiger partial charge in [-0.1, -0.05) is 5.57 Å². The Bertz CT molecular complexity index is 504. The molecule has 0 bridgehead atoms. The summed E-state index contributed by atoms with van der Waals surface area (Å²) in [6.07, 6.45) is 0.346. The minimum Gasteiger partial charge on any atom is -0.481 e. The minimum absolute atomic E-state index is 0.149. The van der Waals surface area contributed by atoms with Gasteiger partial charge in [0.1, 0.15) is 0 Å². The number of aliphatic carboxylic acids is 1. The van der Waals surface area contributed by atoms with Crippen LogP contribution in [-0.4, -0.2) is 11.1 Å². The molecule has 0 spiro atoms. The number of rotatable bonds is 2. The zero-order valence-electron chi connectivity index (χ0n) is 8.68. The predicted octanol–water partition coefficient (Wildman–Crippen LogP) is 2.77. The topological polar surface area (TPSA) is 37.3 Å². The molecule has 0 atom stereocenters. The highest BCUT2D eigenvalue weighted by Crippen LogP contribution is 2.35. The number of hydrogen-bond acceptors (Lipinski definition) is 1. The van der Waals surface area contributed by atoms with Crippen molar-refractivity contribution in [1.29, 1.82) is 0 Å². The smallest absolute Gasteiger partial charge is 0.307 e. The molecule has 1 N–H and O–H groups in total. The van der Waals surface area contributed by atoms with Gasteiger partial charge in [-0.3, -0.25) is 4.79 Å². The second kappa shape index (κ2) is 3.70. The van der Waals surface area contributed by atoms with Gasteiger partial charge in [0.2, 0.25) is 0 Å². The van der Waals surface area contributed by atoms with Crippen molar-refractivity contribution in [2.45, 2.75) is 19.8 Å². The van der Waals surface area contributed by atoms with E-state index in [-0.39, 0.29) is 6.42 Å². The fraction of sp³-hybridized carbons (Fsp3) is 0.250. The third-order valence-corrected chi connectivity index (χ3v) is 2.77. The summed E-state index contributed by atoms with van der Waals surface area (Å²) in [5.74, 6) is -2.79. The maximum absolute atomic E-state index is 13.1. The van der Waals surface area contributed by atoms with Crippen LogP contribution in [0.3, 0.4) is 0 Å². The molecule has 1 aromatic carbocycles. The first kappa shape index (κ1) is 10.8. The average Bonchev–Trinajstić information content (AvgIpc) is 2.45. The van der Waals surface area contributed by atoms with Gasteiger partial charge in [0.25, 0.3) is 0 Å². The number of carbonyl (C=O) groups is 1. The van der Waals surface area contributed by atoms with E-state index in [1.807, 2.05) is 0 Å². The molecule has 0 aromatic heterocycles. The lowest BCUT2D eigenvalue weighted by Crippen LogP contribution is -1.98. The van der Waals surface area contributed by atoms with Crippen LogP contribution in [0.15, 0.2) is 17.7 Å². The van der Waals surface area contributed by atoms with Gasteiger partial charge in [-0.05, 0) is 42.2 Å². The second-order valence-electron chi connectivity index (χ2n) is 3.93. The molecule has 0 unspecified atom stereocenters. The van der Waals surface area contributed by atoms with Crippen LogP contribution in [0.25, 0.3) is 5.57 Å². The Morgan fingerprint density at radius 1 is 1.38 bits per heavy atom. The number of halogens is 2. The molecule has 2 rings (SSSR count). The lowest BCUT2D eigenvalue weighted by molar-refractivity contribution is -0.135. The summed E-state index contributed by atoms with van der Waals surface area (Å²) in [4.78, 5) is 10.7. The molecule has 0 heterocycles. The van der Waals surface area contributed by atoms with E-state index in [0.717, 1.165) is 17.7 Å².